The Bertz CT molecular complexity index is 967. The predicted molar refractivity (Wildman–Crippen MR) is 110 cm³/mol. The normalized spacial score (nSPS) is 17.3. The zero-order valence-electron chi connectivity index (χ0n) is 16.1. The summed E-state index contributed by atoms with van der Waals surface area (Å²) in [6, 6.07) is 9.93. The maximum absolute atomic E-state index is 11.7. The molecule has 0 saturated carbocycles. The average Bonchev–Trinajstić information content (AvgIpc) is 2.94. The first-order valence-corrected chi connectivity index (χ1v) is 9.89. The number of likely N-dealkylation sites (N-methyl/N-ethyl adjacent to an activating group) is 1. The van der Waals surface area contributed by atoms with E-state index in [4.69, 9.17) is 11.6 Å². The second-order valence-corrected chi connectivity index (χ2v) is 8.41. The molecule has 0 fully saturated rings. The molecule has 0 bridgehead atoms. The topological polar surface area (TPSA) is 41.3 Å². The van der Waals surface area contributed by atoms with E-state index >= 15 is 0 Å². The van der Waals surface area contributed by atoms with E-state index in [9.17, 15) is 5.11 Å². The van der Waals surface area contributed by atoms with Gasteiger partial charge in [-0.05, 0) is 60.8 Å². The third-order valence-corrected chi connectivity index (χ3v) is 6.18. The van der Waals surface area contributed by atoms with E-state index in [1.54, 1.807) is 12.4 Å². The van der Waals surface area contributed by atoms with Gasteiger partial charge in [0.05, 0.1) is 6.54 Å². The van der Waals surface area contributed by atoms with E-state index in [1.165, 1.54) is 16.6 Å². The van der Waals surface area contributed by atoms with Crippen LogP contribution in [0.4, 0.5) is 0 Å². The lowest BCUT2D eigenvalue weighted by Crippen LogP contribution is -2.38. The highest BCUT2D eigenvalue weighted by atomic mass is 35.5. The number of rotatable bonds is 4. The summed E-state index contributed by atoms with van der Waals surface area (Å²) in [6.45, 7) is 6.57. The molecule has 1 N–H and O–H groups in total. The molecule has 4 rings (SSSR count). The number of benzene rings is 1. The maximum atomic E-state index is 11.7. The van der Waals surface area contributed by atoms with Crippen molar-refractivity contribution < 1.29 is 5.11 Å². The molecule has 2 aromatic heterocycles. The average molecular weight is 384 g/mol. The van der Waals surface area contributed by atoms with Crippen LogP contribution in [0.3, 0.4) is 0 Å². The number of aliphatic hydroxyl groups is 1. The van der Waals surface area contributed by atoms with Gasteiger partial charge in [-0.15, -0.1) is 0 Å². The molecule has 0 amide bonds. The van der Waals surface area contributed by atoms with Crippen LogP contribution >= 0.6 is 11.6 Å². The van der Waals surface area contributed by atoms with Crippen LogP contribution in [0.2, 0.25) is 5.02 Å². The third-order valence-electron chi connectivity index (χ3n) is 5.95. The van der Waals surface area contributed by atoms with Crippen LogP contribution in [0.15, 0.2) is 42.7 Å². The molecule has 3 aromatic rings. The van der Waals surface area contributed by atoms with Gasteiger partial charge in [-0.25, -0.2) is 0 Å². The summed E-state index contributed by atoms with van der Waals surface area (Å²) in [5.41, 5.74) is 3.73. The van der Waals surface area contributed by atoms with E-state index in [2.05, 4.69) is 47.5 Å². The van der Waals surface area contributed by atoms with Crippen LogP contribution in [0, 0.1) is 5.92 Å². The summed E-state index contributed by atoms with van der Waals surface area (Å²) in [7, 11) is 2.15. The highest BCUT2D eigenvalue weighted by Crippen LogP contribution is 2.37. The lowest BCUT2D eigenvalue weighted by atomic mass is 9.83. The van der Waals surface area contributed by atoms with Crippen molar-refractivity contribution in [3.05, 3.63) is 64.6 Å². The minimum atomic E-state index is -0.974. The van der Waals surface area contributed by atoms with Gasteiger partial charge >= 0.3 is 0 Å². The lowest BCUT2D eigenvalue weighted by molar-refractivity contribution is -0.0265. The van der Waals surface area contributed by atoms with Crippen LogP contribution in [0.25, 0.3) is 10.9 Å². The summed E-state index contributed by atoms with van der Waals surface area (Å²) >= 11 is 6.30. The molecule has 1 aromatic carbocycles. The summed E-state index contributed by atoms with van der Waals surface area (Å²) < 4.78 is 2.30. The molecule has 0 radical (unpaired) electrons. The highest BCUT2D eigenvalue weighted by Gasteiger charge is 2.36. The maximum Gasteiger partial charge on any atom is 0.110 e. The second-order valence-electron chi connectivity index (χ2n) is 7.98. The Labute approximate surface area is 165 Å². The molecule has 1 atom stereocenters. The van der Waals surface area contributed by atoms with Gasteiger partial charge in [0.25, 0.3) is 0 Å². The Kier molecular flexibility index (Phi) is 4.75. The second kappa shape index (κ2) is 6.93. The molecule has 1 aliphatic rings. The Balaban J connectivity index is 1.89. The third kappa shape index (κ3) is 3.16. The molecule has 1 unspecified atom stereocenters. The molecular weight excluding hydrogens is 358 g/mol. The molecule has 27 heavy (non-hydrogen) atoms. The van der Waals surface area contributed by atoms with Crippen LogP contribution in [-0.2, 0) is 25.1 Å². The highest BCUT2D eigenvalue weighted by molar-refractivity contribution is 6.31. The minimum absolute atomic E-state index is 0.0571. The smallest absolute Gasteiger partial charge is 0.110 e. The molecule has 0 saturated heterocycles. The van der Waals surface area contributed by atoms with Crippen molar-refractivity contribution in [2.75, 3.05) is 13.6 Å². The van der Waals surface area contributed by atoms with Gasteiger partial charge in [-0.2, -0.15) is 0 Å². The fourth-order valence-corrected chi connectivity index (χ4v) is 4.39. The zero-order valence-corrected chi connectivity index (χ0v) is 16.9. The number of fused-ring (bicyclic) bond motifs is 3. The van der Waals surface area contributed by atoms with E-state index in [0.29, 0.717) is 6.54 Å². The summed E-state index contributed by atoms with van der Waals surface area (Å²) in [5, 5.41) is 13.7. The molecule has 142 valence electrons. The number of pyridine rings is 1. The number of nitrogens with zero attached hydrogens (tertiary/aromatic N) is 3. The Hall–Kier alpha value is -1.88. The Morgan fingerprint density at radius 1 is 1.22 bits per heavy atom. The van der Waals surface area contributed by atoms with Gasteiger partial charge in [0.1, 0.15) is 5.60 Å². The van der Waals surface area contributed by atoms with Crippen molar-refractivity contribution in [2.45, 2.75) is 39.0 Å². The molecule has 5 heteroatoms. The van der Waals surface area contributed by atoms with Crippen molar-refractivity contribution in [3.63, 3.8) is 0 Å². The summed E-state index contributed by atoms with van der Waals surface area (Å²) in [6.07, 6.45) is 4.50. The van der Waals surface area contributed by atoms with Crippen molar-refractivity contribution >= 4 is 22.5 Å². The first kappa shape index (κ1) is 18.5. The fraction of sp³-hybridized carbons (Fsp3) is 0.409. The molecular formula is C22H26ClN3O. The van der Waals surface area contributed by atoms with Crippen LogP contribution in [0.5, 0.6) is 0 Å². The van der Waals surface area contributed by atoms with Gasteiger partial charge in [0.2, 0.25) is 0 Å². The minimum Gasteiger partial charge on any atom is -0.383 e. The first-order chi connectivity index (χ1) is 12.9. The van der Waals surface area contributed by atoms with Crippen LogP contribution < -0.4 is 0 Å². The van der Waals surface area contributed by atoms with E-state index < -0.39 is 5.60 Å². The lowest BCUT2D eigenvalue weighted by Gasteiger charge is -2.35. The Morgan fingerprint density at radius 3 is 2.67 bits per heavy atom. The quantitative estimate of drug-likeness (QED) is 0.733. The van der Waals surface area contributed by atoms with Crippen molar-refractivity contribution in [2.24, 2.45) is 5.92 Å². The van der Waals surface area contributed by atoms with Gasteiger partial charge in [0.15, 0.2) is 0 Å². The van der Waals surface area contributed by atoms with E-state index in [0.717, 1.165) is 35.6 Å². The van der Waals surface area contributed by atoms with E-state index in [1.807, 2.05) is 18.2 Å². The predicted octanol–water partition coefficient (Wildman–Crippen LogP) is 4.22. The first-order valence-electron chi connectivity index (χ1n) is 9.51. The number of halogens is 1. The van der Waals surface area contributed by atoms with E-state index in [-0.39, 0.29) is 5.92 Å². The molecule has 4 nitrogen and oxygen atoms in total. The fourth-order valence-electron chi connectivity index (χ4n) is 4.22. The molecule has 0 spiro atoms. The largest absolute Gasteiger partial charge is 0.383 e. The number of aromatic nitrogens is 2. The zero-order chi connectivity index (χ0) is 19.2. The van der Waals surface area contributed by atoms with Crippen molar-refractivity contribution in [1.29, 1.82) is 0 Å². The molecule has 3 heterocycles. The number of hydrogen-bond donors (Lipinski definition) is 1. The molecule has 1 aliphatic heterocycles. The van der Waals surface area contributed by atoms with Crippen LogP contribution in [-0.4, -0.2) is 33.1 Å². The SMILES string of the molecule is CC(C)C(O)(Cn1c2c(c3cc(Cl)ccc31)CCN(C)C2)c1ccncc1. The van der Waals surface area contributed by atoms with Gasteiger partial charge in [-0.1, -0.05) is 25.4 Å². The van der Waals surface area contributed by atoms with Gasteiger partial charge in [-0.3, -0.25) is 4.98 Å². The van der Waals surface area contributed by atoms with Gasteiger partial charge < -0.3 is 14.6 Å². The van der Waals surface area contributed by atoms with Crippen LogP contribution in [0.1, 0.15) is 30.7 Å². The summed E-state index contributed by atoms with van der Waals surface area (Å²) in [4.78, 5) is 6.45. The monoisotopic (exact) mass is 383 g/mol. The van der Waals surface area contributed by atoms with Crippen molar-refractivity contribution in [3.8, 4) is 0 Å². The summed E-state index contributed by atoms with van der Waals surface area (Å²) in [5.74, 6) is 0.0571. The standard InChI is InChI=1S/C22H26ClN3O/c1-15(2)22(27,16-6-9-24-10-7-16)14-26-20-5-4-17(23)12-19(20)18-8-11-25(3)13-21(18)26/h4-7,9-10,12,15,27H,8,11,13-14H2,1-3H3. The molecule has 0 aliphatic carbocycles. The Morgan fingerprint density at radius 2 is 1.96 bits per heavy atom. The van der Waals surface area contributed by atoms with Crippen molar-refractivity contribution in [1.82, 2.24) is 14.5 Å². The van der Waals surface area contributed by atoms with Gasteiger partial charge in [0, 0.05) is 47.1 Å². The number of hydrogen-bond acceptors (Lipinski definition) is 3.